The predicted molar refractivity (Wildman–Crippen MR) is 77.7 cm³/mol. The van der Waals surface area contributed by atoms with Crippen LogP contribution in [-0.2, 0) is 6.54 Å². The van der Waals surface area contributed by atoms with Gasteiger partial charge in [0, 0.05) is 17.8 Å². The highest BCUT2D eigenvalue weighted by molar-refractivity contribution is 5.93. The fraction of sp³-hybridized carbons (Fsp3) is 0.533. The molecule has 0 unspecified atom stereocenters. The van der Waals surface area contributed by atoms with E-state index in [2.05, 4.69) is 4.90 Å². The van der Waals surface area contributed by atoms with Gasteiger partial charge in [-0.15, -0.1) is 0 Å². The number of carbonyl (C=O) groups is 1. The van der Waals surface area contributed by atoms with Gasteiger partial charge in [-0.3, -0.25) is 9.69 Å². The summed E-state index contributed by atoms with van der Waals surface area (Å²) in [7, 11) is 0. The van der Waals surface area contributed by atoms with Crippen molar-refractivity contribution >= 4 is 11.6 Å². The Balaban J connectivity index is 2.03. The van der Waals surface area contributed by atoms with Gasteiger partial charge in [0.15, 0.2) is 0 Å². The zero-order chi connectivity index (χ0) is 13.7. The van der Waals surface area contributed by atoms with E-state index < -0.39 is 5.91 Å². The second-order valence-corrected chi connectivity index (χ2v) is 5.32. The number of likely N-dealkylation sites (tertiary alicyclic amines) is 1. The predicted octanol–water partition coefficient (Wildman–Crippen LogP) is 2.13. The molecule has 0 aliphatic carbocycles. The number of carbonyl (C=O) groups excluding carboxylic acids is 1. The number of hydrogen-bond acceptors (Lipinski definition) is 3. The summed E-state index contributed by atoms with van der Waals surface area (Å²) < 4.78 is 0. The van der Waals surface area contributed by atoms with E-state index in [1.165, 1.54) is 32.1 Å². The third-order valence-electron chi connectivity index (χ3n) is 3.77. The molecule has 4 N–H and O–H groups in total. The first-order chi connectivity index (χ1) is 9.16. The molecule has 0 saturated carbocycles. The van der Waals surface area contributed by atoms with Gasteiger partial charge in [-0.05, 0) is 43.6 Å². The first kappa shape index (κ1) is 13.9. The molecule has 4 heteroatoms. The number of benzene rings is 1. The number of anilines is 1. The fourth-order valence-corrected chi connectivity index (χ4v) is 2.60. The molecule has 0 bridgehead atoms. The van der Waals surface area contributed by atoms with Gasteiger partial charge in [-0.25, -0.2) is 0 Å². The van der Waals surface area contributed by atoms with Gasteiger partial charge in [-0.2, -0.15) is 0 Å². The molecular weight excluding hydrogens is 238 g/mol. The topological polar surface area (TPSA) is 72.4 Å². The summed E-state index contributed by atoms with van der Waals surface area (Å²) in [5, 5.41) is 0. The van der Waals surface area contributed by atoms with Crippen LogP contribution in [-0.4, -0.2) is 23.9 Å². The van der Waals surface area contributed by atoms with E-state index in [1.807, 2.05) is 6.07 Å². The van der Waals surface area contributed by atoms with Crippen molar-refractivity contribution in [1.82, 2.24) is 4.90 Å². The average Bonchev–Trinajstić information content (AvgIpc) is 2.34. The van der Waals surface area contributed by atoms with Crippen LogP contribution in [0, 0.1) is 0 Å². The van der Waals surface area contributed by atoms with Crippen LogP contribution >= 0.6 is 0 Å². The van der Waals surface area contributed by atoms with Crippen molar-refractivity contribution in [2.24, 2.45) is 5.73 Å². The third kappa shape index (κ3) is 3.96. The molecule has 1 heterocycles. The lowest BCUT2D eigenvalue weighted by atomic mass is 10.1. The summed E-state index contributed by atoms with van der Waals surface area (Å²) in [5.41, 5.74) is 13.5. The van der Waals surface area contributed by atoms with Crippen LogP contribution in [0.3, 0.4) is 0 Å². The number of rotatable bonds is 3. The molecule has 0 spiro atoms. The molecule has 19 heavy (non-hydrogen) atoms. The van der Waals surface area contributed by atoms with Crippen molar-refractivity contribution in [2.75, 3.05) is 18.8 Å². The summed E-state index contributed by atoms with van der Waals surface area (Å²) in [6.07, 6.45) is 6.54. The molecule has 2 rings (SSSR count). The number of nitrogens with two attached hydrogens (primary N) is 2. The number of hydrogen-bond donors (Lipinski definition) is 2. The maximum Gasteiger partial charge on any atom is 0.248 e. The lowest BCUT2D eigenvalue weighted by molar-refractivity contribution is 0.100. The van der Waals surface area contributed by atoms with Crippen LogP contribution in [0.25, 0.3) is 0 Å². The summed E-state index contributed by atoms with van der Waals surface area (Å²) in [5.74, 6) is -0.426. The molecule has 1 aromatic carbocycles. The Hall–Kier alpha value is -1.55. The van der Waals surface area contributed by atoms with Crippen molar-refractivity contribution in [3.63, 3.8) is 0 Å². The van der Waals surface area contributed by atoms with Crippen LogP contribution in [0.1, 0.15) is 48.0 Å². The molecule has 0 aromatic heterocycles. The smallest absolute Gasteiger partial charge is 0.248 e. The SMILES string of the molecule is NC(=O)c1ccc(CN2CCCCCCC2)c(N)c1. The maximum absolute atomic E-state index is 11.1. The lowest BCUT2D eigenvalue weighted by Crippen LogP contribution is -2.27. The Morgan fingerprint density at radius 1 is 1.11 bits per heavy atom. The maximum atomic E-state index is 11.1. The highest BCUT2D eigenvalue weighted by Crippen LogP contribution is 2.18. The van der Waals surface area contributed by atoms with Gasteiger partial charge in [0.2, 0.25) is 5.91 Å². The highest BCUT2D eigenvalue weighted by Gasteiger charge is 2.11. The molecule has 1 aliphatic rings. The Labute approximate surface area is 114 Å². The molecule has 1 aromatic rings. The van der Waals surface area contributed by atoms with E-state index in [9.17, 15) is 4.79 Å². The zero-order valence-corrected chi connectivity index (χ0v) is 11.4. The highest BCUT2D eigenvalue weighted by atomic mass is 16.1. The van der Waals surface area contributed by atoms with E-state index in [-0.39, 0.29) is 0 Å². The summed E-state index contributed by atoms with van der Waals surface area (Å²) >= 11 is 0. The number of nitrogens with zero attached hydrogens (tertiary/aromatic N) is 1. The van der Waals surface area contributed by atoms with E-state index in [4.69, 9.17) is 11.5 Å². The van der Waals surface area contributed by atoms with Crippen molar-refractivity contribution < 1.29 is 4.79 Å². The van der Waals surface area contributed by atoms with Gasteiger partial charge in [0.05, 0.1) is 0 Å². The lowest BCUT2D eigenvalue weighted by Gasteiger charge is -2.25. The van der Waals surface area contributed by atoms with Crippen molar-refractivity contribution in [2.45, 2.75) is 38.6 Å². The number of nitrogen functional groups attached to an aromatic ring is 1. The summed E-state index contributed by atoms with van der Waals surface area (Å²) in [6, 6.07) is 5.37. The molecule has 1 saturated heterocycles. The van der Waals surface area contributed by atoms with Crippen LogP contribution < -0.4 is 11.5 Å². The molecule has 0 radical (unpaired) electrons. The molecule has 4 nitrogen and oxygen atoms in total. The number of amides is 1. The fourth-order valence-electron chi connectivity index (χ4n) is 2.60. The second kappa shape index (κ2) is 6.57. The van der Waals surface area contributed by atoms with Gasteiger partial charge < -0.3 is 11.5 Å². The Bertz CT molecular complexity index is 437. The minimum atomic E-state index is -0.426. The molecule has 1 fully saturated rings. The van der Waals surface area contributed by atoms with Crippen LogP contribution in [0.4, 0.5) is 5.69 Å². The van der Waals surface area contributed by atoms with E-state index in [1.54, 1.807) is 12.1 Å². The first-order valence-corrected chi connectivity index (χ1v) is 7.07. The largest absolute Gasteiger partial charge is 0.398 e. The molecule has 0 atom stereocenters. The molecular formula is C15H23N3O. The molecule has 1 amide bonds. The minimum absolute atomic E-state index is 0.426. The van der Waals surface area contributed by atoms with Crippen LogP contribution in [0.5, 0.6) is 0 Å². The van der Waals surface area contributed by atoms with E-state index in [0.717, 1.165) is 25.2 Å². The van der Waals surface area contributed by atoms with Gasteiger partial charge in [0.1, 0.15) is 0 Å². The van der Waals surface area contributed by atoms with Crippen molar-refractivity contribution in [1.29, 1.82) is 0 Å². The average molecular weight is 261 g/mol. The first-order valence-electron chi connectivity index (χ1n) is 7.07. The van der Waals surface area contributed by atoms with Crippen LogP contribution in [0.2, 0.25) is 0 Å². The Morgan fingerprint density at radius 2 is 1.74 bits per heavy atom. The molecule has 1 aliphatic heterocycles. The normalized spacial score (nSPS) is 17.7. The Kier molecular flexibility index (Phi) is 4.80. The zero-order valence-electron chi connectivity index (χ0n) is 11.4. The standard InChI is InChI=1S/C15H23N3O/c16-14-10-12(15(17)19)6-7-13(14)11-18-8-4-2-1-3-5-9-18/h6-7,10H,1-5,8-9,11,16H2,(H2,17,19). The third-order valence-corrected chi connectivity index (χ3v) is 3.77. The van der Waals surface area contributed by atoms with E-state index >= 15 is 0 Å². The molecule has 104 valence electrons. The van der Waals surface area contributed by atoms with Gasteiger partial charge >= 0.3 is 0 Å². The van der Waals surface area contributed by atoms with Crippen molar-refractivity contribution in [3.8, 4) is 0 Å². The van der Waals surface area contributed by atoms with Crippen LogP contribution in [0.15, 0.2) is 18.2 Å². The quantitative estimate of drug-likeness (QED) is 0.819. The van der Waals surface area contributed by atoms with E-state index in [0.29, 0.717) is 11.3 Å². The Morgan fingerprint density at radius 3 is 2.32 bits per heavy atom. The number of primary amides is 1. The second-order valence-electron chi connectivity index (χ2n) is 5.32. The monoisotopic (exact) mass is 261 g/mol. The van der Waals surface area contributed by atoms with Crippen molar-refractivity contribution in [3.05, 3.63) is 29.3 Å². The summed E-state index contributed by atoms with van der Waals surface area (Å²) in [6.45, 7) is 3.14. The van der Waals surface area contributed by atoms with Gasteiger partial charge in [-0.1, -0.05) is 25.3 Å². The van der Waals surface area contributed by atoms with Gasteiger partial charge in [0.25, 0.3) is 0 Å². The summed E-state index contributed by atoms with van der Waals surface area (Å²) in [4.78, 5) is 13.5. The minimum Gasteiger partial charge on any atom is -0.398 e.